The molecule has 3 rings (SSSR count). The number of piperidine rings is 1. The molecule has 1 aromatic heterocycles. The molecule has 1 fully saturated rings. The number of nitrogens with zero attached hydrogens (tertiary/aromatic N) is 2. The van der Waals surface area contributed by atoms with Crippen molar-refractivity contribution in [2.24, 2.45) is 0 Å². The van der Waals surface area contributed by atoms with E-state index in [-0.39, 0.29) is 17.5 Å². The molecule has 0 saturated carbocycles. The zero-order valence-corrected chi connectivity index (χ0v) is 14.0. The third-order valence-corrected chi connectivity index (χ3v) is 4.38. The average Bonchev–Trinajstić information content (AvgIpc) is 3.06. The number of oxazole rings is 1. The first-order valence-electron chi connectivity index (χ1n) is 7.91. The highest BCUT2D eigenvalue weighted by Crippen LogP contribution is 2.28. The summed E-state index contributed by atoms with van der Waals surface area (Å²) >= 11 is 6.19. The van der Waals surface area contributed by atoms with Gasteiger partial charge in [-0.25, -0.2) is 4.98 Å². The molecule has 1 atom stereocenters. The lowest BCUT2D eigenvalue weighted by Gasteiger charge is -2.33. The van der Waals surface area contributed by atoms with Crippen molar-refractivity contribution >= 4 is 29.1 Å². The van der Waals surface area contributed by atoms with Gasteiger partial charge in [-0.15, -0.1) is 0 Å². The third kappa shape index (κ3) is 3.14. The van der Waals surface area contributed by atoms with Crippen molar-refractivity contribution in [2.45, 2.75) is 32.2 Å². The number of amides is 2. The van der Waals surface area contributed by atoms with Crippen LogP contribution in [0.2, 0.25) is 5.02 Å². The number of nitrogens with one attached hydrogen (secondary N) is 1. The van der Waals surface area contributed by atoms with Crippen molar-refractivity contribution in [1.82, 2.24) is 10.3 Å². The van der Waals surface area contributed by atoms with E-state index in [1.165, 1.54) is 6.39 Å². The first-order chi connectivity index (χ1) is 11.6. The minimum atomic E-state index is -0.594. The molecule has 2 amide bonds. The zero-order valence-electron chi connectivity index (χ0n) is 13.3. The standard InChI is InChI=1S/C17H18ClN3O3/c1-2-14-15(19-10-24-14)16(22)20-12-7-5-9-21(17(12)23)13-8-4-3-6-11(13)18/h3-4,6,8,10,12H,2,5,7,9H2,1H3,(H,20,22)/t12-/m0/s1. The van der Waals surface area contributed by atoms with Gasteiger partial charge >= 0.3 is 0 Å². The van der Waals surface area contributed by atoms with Crippen LogP contribution in [0, 0.1) is 0 Å². The van der Waals surface area contributed by atoms with Gasteiger partial charge in [0, 0.05) is 13.0 Å². The maximum Gasteiger partial charge on any atom is 0.274 e. The van der Waals surface area contributed by atoms with Gasteiger partial charge in [-0.3, -0.25) is 9.59 Å². The number of halogens is 1. The van der Waals surface area contributed by atoms with Gasteiger partial charge in [0.15, 0.2) is 12.1 Å². The second-order valence-electron chi connectivity index (χ2n) is 5.59. The number of para-hydroxylation sites is 1. The molecular formula is C17H18ClN3O3. The van der Waals surface area contributed by atoms with Gasteiger partial charge in [0.1, 0.15) is 11.8 Å². The zero-order chi connectivity index (χ0) is 17.1. The fraction of sp³-hybridized carbons (Fsp3) is 0.353. The van der Waals surface area contributed by atoms with E-state index in [4.69, 9.17) is 16.0 Å². The largest absolute Gasteiger partial charge is 0.448 e. The molecule has 0 bridgehead atoms. The maximum atomic E-state index is 12.7. The van der Waals surface area contributed by atoms with Gasteiger partial charge in [0.25, 0.3) is 5.91 Å². The summed E-state index contributed by atoms with van der Waals surface area (Å²) < 4.78 is 5.17. The Kier molecular flexibility index (Phi) is 4.85. The summed E-state index contributed by atoms with van der Waals surface area (Å²) in [7, 11) is 0. The van der Waals surface area contributed by atoms with Crippen molar-refractivity contribution in [3.05, 3.63) is 47.1 Å². The number of hydrogen-bond donors (Lipinski definition) is 1. The van der Waals surface area contributed by atoms with Gasteiger partial charge in [-0.1, -0.05) is 30.7 Å². The van der Waals surface area contributed by atoms with Crippen LogP contribution in [-0.4, -0.2) is 29.4 Å². The second-order valence-corrected chi connectivity index (χ2v) is 5.99. The quantitative estimate of drug-likeness (QED) is 0.922. The number of benzene rings is 1. The highest BCUT2D eigenvalue weighted by Gasteiger charge is 2.32. The summed E-state index contributed by atoms with van der Waals surface area (Å²) in [5.74, 6) is -0.0390. The van der Waals surface area contributed by atoms with Gasteiger partial charge in [-0.05, 0) is 25.0 Å². The number of carbonyl (C=O) groups is 2. The predicted molar refractivity (Wildman–Crippen MR) is 90.2 cm³/mol. The lowest BCUT2D eigenvalue weighted by Crippen LogP contribution is -2.52. The monoisotopic (exact) mass is 347 g/mol. The van der Waals surface area contributed by atoms with Crippen molar-refractivity contribution in [2.75, 3.05) is 11.4 Å². The van der Waals surface area contributed by atoms with Gasteiger partial charge in [0.05, 0.1) is 10.7 Å². The summed E-state index contributed by atoms with van der Waals surface area (Å²) in [5.41, 5.74) is 0.902. The number of hydrogen-bond acceptors (Lipinski definition) is 4. The molecule has 1 saturated heterocycles. The van der Waals surface area contributed by atoms with E-state index < -0.39 is 6.04 Å². The van der Waals surface area contributed by atoms with Crippen molar-refractivity contribution in [3.8, 4) is 0 Å². The minimum Gasteiger partial charge on any atom is -0.448 e. The average molecular weight is 348 g/mol. The molecule has 1 N–H and O–H groups in total. The van der Waals surface area contributed by atoms with E-state index in [0.29, 0.717) is 35.9 Å². The Hall–Kier alpha value is -2.34. The molecule has 0 aliphatic carbocycles. The molecule has 2 heterocycles. The molecule has 7 heteroatoms. The molecule has 2 aromatic rings. The lowest BCUT2D eigenvalue weighted by molar-refractivity contribution is -0.121. The minimum absolute atomic E-state index is 0.163. The van der Waals surface area contributed by atoms with E-state index >= 15 is 0 Å². The van der Waals surface area contributed by atoms with Gasteiger partial charge in [-0.2, -0.15) is 0 Å². The Labute approximate surface area is 144 Å². The predicted octanol–water partition coefficient (Wildman–Crippen LogP) is 2.82. The Morgan fingerprint density at radius 2 is 2.25 bits per heavy atom. The Morgan fingerprint density at radius 3 is 3.00 bits per heavy atom. The first kappa shape index (κ1) is 16.5. The molecule has 1 aliphatic heterocycles. The van der Waals surface area contributed by atoms with Crippen molar-refractivity contribution < 1.29 is 14.0 Å². The van der Waals surface area contributed by atoms with Crippen LogP contribution < -0.4 is 10.2 Å². The number of aryl methyl sites for hydroxylation is 1. The molecule has 1 aromatic carbocycles. The van der Waals surface area contributed by atoms with Crippen molar-refractivity contribution in [3.63, 3.8) is 0 Å². The van der Waals surface area contributed by atoms with Crippen LogP contribution >= 0.6 is 11.6 Å². The summed E-state index contributed by atoms with van der Waals surface area (Å²) in [6, 6.07) is 6.60. The van der Waals surface area contributed by atoms with E-state index in [1.54, 1.807) is 17.0 Å². The molecule has 0 spiro atoms. The fourth-order valence-corrected chi connectivity index (χ4v) is 3.09. The maximum absolute atomic E-state index is 12.7. The number of rotatable bonds is 4. The van der Waals surface area contributed by atoms with E-state index in [1.807, 2.05) is 19.1 Å². The molecule has 0 unspecified atom stereocenters. The van der Waals surface area contributed by atoms with Crippen LogP contribution in [0.15, 0.2) is 35.1 Å². The number of aromatic nitrogens is 1. The van der Waals surface area contributed by atoms with Gasteiger partial charge in [0.2, 0.25) is 5.91 Å². The molecular weight excluding hydrogens is 330 g/mol. The second kappa shape index (κ2) is 7.05. The van der Waals surface area contributed by atoms with Crippen LogP contribution in [0.25, 0.3) is 0 Å². The lowest BCUT2D eigenvalue weighted by atomic mass is 10.0. The fourth-order valence-electron chi connectivity index (χ4n) is 2.85. The summed E-state index contributed by atoms with van der Waals surface area (Å²) in [6.45, 7) is 2.46. The summed E-state index contributed by atoms with van der Waals surface area (Å²) in [5, 5.41) is 3.29. The smallest absolute Gasteiger partial charge is 0.274 e. The molecule has 1 aliphatic rings. The van der Waals surface area contributed by atoms with Crippen LogP contribution in [0.5, 0.6) is 0 Å². The Balaban J connectivity index is 1.76. The van der Waals surface area contributed by atoms with Crippen LogP contribution in [-0.2, 0) is 11.2 Å². The van der Waals surface area contributed by atoms with E-state index in [0.717, 1.165) is 6.42 Å². The normalized spacial score (nSPS) is 17.8. The SMILES string of the molecule is CCc1ocnc1C(=O)N[C@H]1CCCN(c2ccccc2Cl)C1=O. The van der Waals surface area contributed by atoms with Crippen LogP contribution in [0.3, 0.4) is 0 Å². The highest BCUT2D eigenvalue weighted by atomic mass is 35.5. The Morgan fingerprint density at radius 1 is 1.46 bits per heavy atom. The third-order valence-electron chi connectivity index (χ3n) is 4.06. The Bertz CT molecular complexity index is 759. The number of carbonyl (C=O) groups excluding carboxylic acids is 2. The topological polar surface area (TPSA) is 75.4 Å². The van der Waals surface area contributed by atoms with Gasteiger partial charge < -0.3 is 14.6 Å². The summed E-state index contributed by atoms with van der Waals surface area (Å²) in [6.07, 6.45) is 3.17. The first-order valence-corrected chi connectivity index (χ1v) is 8.28. The molecule has 6 nitrogen and oxygen atoms in total. The van der Waals surface area contributed by atoms with Crippen LogP contribution in [0.1, 0.15) is 36.0 Å². The number of anilines is 1. The van der Waals surface area contributed by atoms with Crippen molar-refractivity contribution in [1.29, 1.82) is 0 Å². The van der Waals surface area contributed by atoms with E-state index in [2.05, 4.69) is 10.3 Å². The van der Waals surface area contributed by atoms with E-state index in [9.17, 15) is 9.59 Å². The van der Waals surface area contributed by atoms with Crippen LogP contribution in [0.4, 0.5) is 5.69 Å². The summed E-state index contributed by atoms with van der Waals surface area (Å²) in [4.78, 5) is 30.7. The molecule has 126 valence electrons. The highest BCUT2D eigenvalue weighted by molar-refractivity contribution is 6.33. The molecule has 0 radical (unpaired) electrons. The molecule has 24 heavy (non-hydrogen) atoms.